The zero-order chi connectivity index (χ0) is 18.1. The number of amides is 2. The fourth-order valence-corrected chi connectivity index (χ4v) is 2.62. The van der Waals surface area contributed by atoms with Crippen molar-refractivity contribution in [2.24, 2.45) is 11.8 Å². The fourth-order valence-electron chi connectivity index (χ4n) is 2.40. The minimum absolute atomic E-state index is 0.0173. The monoisotopic (exact) mass is 354 g/mol. The van der Waals surface area contributed by atoms with Crippen LogP contribution in [0, 0.1) is 11.8 Å². The molecule has 0 saturated carbocycles. The van der Waals surface area contributed by atoms with Gasteiger partial charge in [0.05, 0.1) is 16.5 Å². The molecule has 1 rings (SSSR count). The molecule has 0 aliphatic carbocycles. The molecule has 6 nitrogen and oxygen atoms in total. The van der Waals surface area contributed by atoms with Crippen molar-refractivity contribution in [1.29, 1.82) is 0 Å². The lowest BCUT2D eigenvalue weighted by molar-refractivity contribution is -0.144. The Bertz CT molecular complexity index is 592. The Morgan fingerprint density at radius 1 is 1.21 bits per heavy atom. The second-order valence-corrected chi connectivity index (χ2v) is 6.16. The third-order valence-electron chi connectivity index (χ3n) is 3.81. The Morgan fingerprint density at radius 2 is 1.88 bits per heavy atom. The predicted molar refractivity (Wildman–Crippen MR) is 91.5 cm³/mol. The van der Waals surface area contributed by atoms with Crippen LogP contribution in [0.2, 0.25) is 5.02 Å². The van der Waals surface area contributed by atoms with Crippen LogP contribution in [-0.2, 0) is 9.59 Å². The Labute approximate surface area is 146 Å². The molecular formula is C17H23ClN2O4. The second-order valence-electron chi connectivity index (χ2n) is 5.75. The molecule has 0 aromatic heterocycles. The van der Waals surface area contributed by atoms with Crippen molar-refractivity contribution in [3.05, 3.63) is 34.9 Å². The third kappa shape index (κ3) is 6.20. The normalized spacial score (nSPS) is 13.0. The van der Waals surface area contributed by atoms with Crippen LogP contribution in [-0.4, -0.2) is 22.9 Å². The lowest BCUT2D eigenvalue weighted by atomic mass is 9.87. The van der Waals surface area contributed by atoms with Crippen LogP contribution in [0.25, 0.3) is 0 Å². The smallest absolute Gasteiger partial charge is 0.306 e. The van der Waals surface area contributed by atoms with Crippen LogP contribution in [0.3, 0.4) is 0 Å². The maximum Gasteiger partial charge on any atom is 0.306 e. The summed E-state index contributed by atoms with van der Waals surface area (Å²) < 4.78 is 0. The maximum absolute atomic E-state index is 11.9. The van der Waals surface area contributed by atoms with Gasteiger partial charge in [0, 0.05) is 6.42 Å². The van der Waals surface area contributed by atoms with Gasteiger partial charge in [0.1, 0.15) is 0 Å². The molecule has 0 radical (unpaired) electrons. The molecule has 0 bridgehead atoms. The van der Waals surface area contributed by atoms with Crippen LogP contribution in [0.5, 0.6) is 0 Å². The van der Waals surface area contributed by atoms with Gasteiger partial charge in [0.15, 0.2) is 0 Å². The highest BCUT2D eigenvalue weighted by atomic mass is 35.5. The molecule has 0 aliphatic rings. The highest BCUT2D eigenvalue weighted by Gasteiger charge is 2.26. The van der Waals surface area contributed by atoms with Crippen molar-refractivity contribution in [1.82, 2.24) is 10.9 Å². The first kappa shape index (κ1) is 20.0. The zero-order valence-corrected chi connectivity index (χ0v) is 14.6. The van der Waals surface area contributed by atoms with E-state index in [2.05, 4.69) is 10.9 Å². The average Bonchev–Trinajstić information content (AvgIpc) is 2.53. The summed E-state index contributed by atoms with van der Waals surface area (Å²) in [5.74, 6) is -2.77. The summed E-state index contributed by atoms with van der Waals surface area (Å²) in [6.07, 6.45) is 2.25. The van der Waals surface area contributed by atoms with Gasteiger partial charge in [-0.3, -0.25) is 25.2 Å². The summed E-state index contributed by atoms with van der Waals surface area (Å²) in [4.78, 5) is 35.2. The van der Waals surface area contributed by atoms with Crippen molar-refractivity contribution in [3.8, 4) is 0 Å². The molecule has 0 unspecified atom stereocenters. The molecule has 0 fully saturated rings. The summed E-state index contributed by atoms with van der Waals surface area (Å²) in [5.41, 5.74) is 4.83. The number of nitrogens with one attached hydrogen (secondary N) is 2. The van der Waals surface area contributed by atoms with Crippen molar-refractivity contribution in [3.63, 3.8) is 0 Å². The SMILES string of the molecule is CCCC[C@@H](C(=O)O)[C@H](C)CC(=O)NNC(=O)c1ccccc1Cl. The maximum atomic E-state index is 11.9. The van der Waals surface area contributed by atoms with E-state index in [0.717, 1.165) is 12.8 Å². The number of halogens is 1. The molecule has 7 heteroatoms. The highest BCUT2D eigenvalue weighted by molar-refractivity contribution is 6.33. The first-order chi connectivity index (χ1) is 11.4. The Kier molecular flexibility index (Phi) is 8.26. The van der Waals surface area contributed by atoms with E-state index in [-0.39, 0.29) is 22.9 Å². The third-order valence-corrected chi connectivity index (χ3v) is 4.14. The Hall–Kier alpha value is -2.08. The summed E-state index contributed by atoms with van der Waals surface area (Å²) in [7, 11) is 0. The second kappa shape index (κ2) is 9.93. The molecule has 1 aromatic carbocycles. The number of carboxylic acids is 1. The first-order valence-corrected chi connectivity index (χ1v) is 8.31. The fraction of sp³-hybridized carbons (Fsp3) is 0.471. The molecule has 0 heterocycles. The Balaban J connectivity index is 2.51. The van der Waals surface area contributed by atoms with E-state index >= 15 is 0 Å². The van der Waals surface area contributed by atoms with Crippen LogP contribution in [0.15, 0.2) is 24.3 Å². The molecule has 3 N–H and O–H groups in total. The van der Waals surface area contributed by atoms with Gasteiger partial charge >= 0.3 is 5.97 Å². The molecule has 0 spiro atoms. The standard InChI is InChI=1S/C17H23ClN2O4/c1-3-4-7-12(17(23)24)11(2)10-15(21)19-20-16(22)13-8-5-6-9-14(13)18/h5-6,8-9,11-12H,3-4,7,10H2,1-2H3,(H,19,21)(H,20,22)(H,23,24)/t11-,12-/m1/s1. The first-order valence-electron chi connectivity index (χ1n) is 7.93. The number of hydrogen-bond acceptors (Lipinski definition) is 3. The zero-order valence-electron chi connectivity index (χ0n) is 13.8. The van der Waals surface area contributed by atoms with Crippen LogP contribution in [0.1, 0.15) is 49.9 Å². The quantitative estimate of drug-likeness (QED) is 0.625. The summed E-state index contributed by atoms with van der Waals surface area (Å²) in [6.45, 7) is 3.71. The van der Waals surface area contributed by atoms with E-state index in [1.54, 1.807) is 25.1 Å². The number of rotatable bonds is 8. The van der Waals surface area contributed by atoms with E-state index < -0.39 is 23.7 Å². The van der Waals surface area contributed by atoms with Crippen LogP contribution < -0.4 is 10.9 Å². The van der Waals surface area contributed by atoms with Crippen molar-refractivity contribution in [2.45, 2.75) is 39.5 Å². The molecular weight excluding hydrogens is 332 g/mol. The number of unbranched alkanes of at least 4 members (excludes halogenated alkanes) is 1. The van der Waals surface area contributed by atoms with E-state index in [4.69, 9.17) is 11.6 Å². The minimum atomic E-state index is -0.899. The molecule has 2 atom stereocenters. The molecule has 0 saturated heterocycles. The summed E-state index contributed by atoms with van der Waals surface area (Å²) in [5, 5.41) is 9.55. The number of hydrazine groups is 1. The van der Waals surface area contributed by atoms with Gasteiger partial charge < -0.3 is 5.11 Å². The van der Waals surface area contributed by atoms with E-state index in [1.165, 1.54) is 6.07 Å². The van der Waals surface area contributed by atoms with Gasteiger partial charge in [-0.15, -0.1) is 0 Å². The van der Waals surface area contributed by atoms with Gasteiger partial charge in [-0.1, -0.05) is 50.4 Å². The molecule has 132 valence electrons. The van der Waals surface area contributed by atoms with Gasteiger partial charge in [-0.25, -0.2) is 0 Å². The highest BCUT2D eigenvalue weighted by Crippen LogP contribution is 2.22. The minimum Gasteiger partial charge on any atom is -0.481 e. The van der Waals surface area contributed by atoms with Crippen LogP contribution in [0.4, 0.5) is 0 Å². The number of carbonyl (C=O) groups excluding carboxylic acids is 2. The molecule has 0 aliphatic heterocycles. The Morgan fingerprint density at radius 3 is 2.46 bits per heavy atom. The number of benzene rings is 1. The average molecular weight is 355 g/mol. The number of aliphatic carboxylic acids is 1. The van der Waals surface area contributed by atoms with E-state index in [0.29, 0.717) is 6.42 Å². The molecule has 1 aromatic rings. The van der Waals surface area contributed by atoms with Gasteiger partial charge in [0.2, 0.25) is 5.91 Å². The van der Waals surface area contributed by atoms with E-state index in [1.807, 2.05) is 6.92 Å². The van der Waals surface area contributed by atoms with Gasteiger partial charge in [-0.2, -0.15) is 0 Å². The number of carboxylic acid groups (broad SMARTS) is 1. The number of carbonyl (C=O) groups is 3. The van der Waals surface area contributed by atoms with Gasteiger partial charge in [0.25, 0.3) is 5.91 Å². The van der Waals surface area contributed by atoms with E-state index in [9.17, 15) is 19.5 Å². The van der Waals surface area contributed by atoms with Crippen LogP contribution >= 0.6 is 11.6 Å². The van der Waals surface area contributed by atoms with Gasteiger partial charge in [-0.05, 0) is 24.5 Å². The summed E-state index contributed by atoms with van der Waals surface area (Å²) in [6, 6.07) is 6.47. The lowest BCUT2D eigenvalue weighted by Crippen LogP contribution is -2.42. The predicted octanol–water partition coefficient (Wildman–Crippen LogP) is 3.02. The summed E-state index contributed by atoms with van der Waals surface area (Å²) >= 11 is 5.90. The molecule has 24 heavy (non-hydrogen) atoms. The lowest BCUT2D eigenvalue weighted by Gasteiger charge is -2.19. The number of hydrogen-bond donors (Lipinski definition) is 3. The molecule has 2 amide bonds. The topological polar surface area (TPSA) is 95.5 Å². The van der Waals surface area contributed by atoms with Crippen molar-refractivity contribution in [2.75, 3.05) is 0 Å². The van der Waals surface area contributed by atoms with Crippen molar-refractivity contribution >= 4 is 29.4 Å². The largest absolute Gasteiger partial charge is 0.481 e. The van der Waals surface area contributed by atoms with Crippen molar-refractivity contribution < 1.29 is 19.5 Å².